The summed E-state index contributed by atoms with van der Waals surface area (Å²) in [5.41, 5.74) is 0.186. The Morgan fingerprint density at radius 1 is 1.29 bits per heavy atom. The maximum absolute atomic E-state index is 11.5. The first-order valence-corrected chi connectivity index (χ1v) is 6.29. The maximum atomic E-state index is 11.5. The molecule has 0 spiro atoms. The van der Waals surface area contributed by atoms with Crippen LogP contribution in [-0.4, -0.2) is 23.6 Å². The third kappa shape index (κ3) is 5.54. The van der Waals surface area contributed by atoms with Gasteiger partial charge in [-0.2, -0.15) is 0 Å². The van der Waals surface area contributed by atoms with Crippen LogP contribution in [0.25, 0.3) is 0 Å². The zero-order valence-corrected chi connectivity index (χ0v) is 11.0. The third-order valence-electron chi connectivity index (χ3n) is 1.79. The fourth-order valence-electron chi connectivity index (χ4n) is 1.16. The highest BCUT2D eigenvalue weighted by molar-refractivity contribution is 8.00. The van der Waals surface area contributed by atoms with E-state index in [0.29, 0.717) is 5.56 Å². The monoisotopic (exact) mass is 252 g/mol. The highest BCUT2D eigenvalue weighted by atomic mass is 32.2. The SMILES string of the molecule is CC(C)(C)OC(=O)CSc1ccc(C=O)cc1. The molecule has 0 bridgehead atoms. The van der Waals surface area contributed by atoms with Crippen molar-refractivity contribution in [3.05, 3.63) is 29.8 Å². The van der Waals surface area contributed by atoms with Gasteiger partial charge in [-0.15, -0.1) is 11.8 Å². The topological polar surface area (TPSA) is 43.4 Å². The van der Waals surface area contributed by atoms with Gasteiger partial charge < -0.3 is 4.74 Å². The molecule has 0 heterocycles. The predicted molar refractivity (Wildman–Crippen MR) is 68.4 cm³/mol. The number of hydrogen-bond donors (Lipinski definition) is 0. The summed E-state index contributed by atoms with van der Waals surface area (Å²) in [4.78, 5) is 22.9. The van der Waals surface area contributed by atoms with Crippen molar-refractivity contribution in [2.45, 2.75) is 31.3 Å². The molecule has 0 atom stereocenters. The standard InChI is InChI=1S/C13H16O3S/c1-13(2,3)16-12(15)9-17-11-6-4-10(8-14)5-7-11/h4-8H,9H2,1-3H3. The lowest BCUT2D eigenvalue weighted by Gasteiger charge is -2.19. The number of aldehydes is 1. The first kappa shape index (κ1) is 13.8. The van der Waals surface area contributed by atoms with Crippen molar-refractivity contribution in [2.75, 3.05) is 5.75 Å². The van der Waals surface area contributed by atoms with Crippen LogP contribution in [0, 0.1) is 0 Å². The van der Waals surface area contributed by atoms with E-state index in [0.717, 1.165) is 11.2 Å². The molecule has 17 heavy (non-hydrogen) atoms. The van der Waals surface area contributed by atoms with Gasteiger partial charge in [0.2, 0.25) is 0 Å². The first-order valence-electron chi connectivity index (χ1n) is 5.30. The van der Waals surface area contributed by atoms with Gasteiger partial charge in [0.1, 0.15) is 11.9 Å². The van der Waals surface area contributed by atoms with Crippen molar-refractivity contribution < 1.29 is 14.3 Å². The van der Waals surface area contributed by atoms with Gasteiger partial charge in [0.15, 0.2) is 0 Å². The number of ether oxygens (including phenoxy) is 1. The Labute approximate surface area is 106 Å². The van der Waals surface area contributed by atoms with E-state index in [-0.39, 0.29) is 11.7 Å². The van der Waals surface area contributed by atoms with E-state index in [9.17, 15) is 9.59 Å². The quantitative estimate of drug-likeness (QED) is 0.469. The zero-order valence-electron chi connectivity index (χ0n) is 10.2. The summed E-state index contributed by atoms with van der Waals surface area (Å²) in [7, 11) is 0. The summed E-state index contributed by atoms with van der Waals surface area (Å²) in [6.45, 7) is 5.53. The molecule has 0 amide bonds. The average Bonchev–Trinajstić information content (AvgIpc) is 2.25. The second-order valence-electron chi connectivity index (χ2n) is 4.56. The van der Waals surface area contributed by atoms with E-state index in [4.69, 9.17) is 4.74 Å². The van der Waals surface area contributed by atoms with Crippen LogP contribution in [0.1, 0.15) is 31.1 Å². The normalized spacial score (nSPS) is 11.0. The Morgan fingerprint density at radius 2 is 1.88 bits per heavy atom. The molecule has 0 radical (unpaired) electrons. The van der Waals surface area contributed by atoms with Gasteiger partial charge in [-0.25, -0.2) is 0 Å². The summed E-state index contributed by atoms with van der Waals surface area (Å²) in [5.74, 6) is 0.0412. The summed E-state index contributed by atoms with van der Waals surface area (Å²) in [6.07, 6.45) is 0.794. The largest absolute Gasteiger partial charge is 0.459 e. The van der Waals surface area contributed by atoms with Gasteiger partial charge >= 0.3 is 5.97 Å². The molecule has 0 aromatic heterocycles. The Balaban J connectivity index is 2.44. The lowest BCUT2D eigenvalue weighted by Crippen LogP contribution is -2.24. The van der Waals surface area contributed by atoms with Gasteiger partial charge in [-0.05, 0) is 32.9 Å². The fraction of sp³-hybridized carbons (Fsp3) is 0.385. The number of benzene rings is 1. The van der Waals surface area contributed by atoms with Crippen LogP contribution < -0.4 is 0 Å². The summed E-state index contributed by atoms with van der Waals surface area (Å²) in [6, 6.07) is 7.09. The van der Waals surface area contributed by atoms with Crippen molar-refractivity contribution in [3.8, 4) is 0 Å². The van der Waals surface area contributed by atoms with Crippen molar-refractivity contribution in [3.63, 3.8) is 0 Å². The van der Waals surface area contributed by atoms with E-state index in [1.165, 1.54) is 11.8 Å². The molecule has 0 saturated carbocycles. The van der Waals surface area contributed by atoms with E-state index in [1.54, 1.807) is 12.1 Å². The molecule has 0 aliphatic rings. The van der Waals surface area contributed by atoms with Gasteiger partial charge in [0.25, 0.3) is 0 Å². The number of rotatable bonds is 4. The first-order chi connectivity index (χ1) is 7.90. The highest BCUT2D eigenvalue weighted by Gasteiger charge is 2.16. The molecule has 0 N–H and O–H groups in total. The Kier molecular flexibility index (Phi) is 4.75. The van der Waals surface area contributed by atoms with Crippen LogP contribution in [0.4, 0.5) is 0 Å². The smallest absolute Gasteiger partial charge is 0.316 e. The Morgan fingerprint density at radius 3 is 2.35 bits per heavy atom. The highest BCUT2D eigenvalue weighted by Crippen LogP contribution is 2.19. The summed E-state index contributed by atoms with van der Waals surface area (Å²) in [5, 5.41) is 0. The molecule has 1 aromatic rings. The van der Waals surface area contributed by atoms with E-state index < -0.39 is 5.60 Å². The molecule has 1 aromatic carbocycles. The van der Waals surface area contributed by atoms with Crippen molar-refractivity contribution >= 4 is 24.0 Å². The van der Waals surface area contributed by atoms with Crippen LogP contribution in [0.15, 0.2) is 29.2 Å². The van der Waals surface area contributed by atoms with Crippen LogP contribution in [-0.2, 0) is 9.53 Å². The third-order valence-corrected chi connectivity index (χ3v) is 2.78. The molecule has 1 rings (SSSR count). The zero-order chi connectivity index (χ0) is 12.9. The van der Waals surface area contributed by atoms with Crippen molar-refractivity contribution in [2.24, 2.45) is 0 Å². The molecule has 0 saturated heterocycles. The van der Waals surface area contributed by atoms with Gasteiger partial charge in [0, 0.05) is 10.5 Å². The molecule has 0 aliphatic carbocycles. The minimum atomic E-state index is -0.445. The molecule has 4 heteroatoms. The summed E-state index contributed by atoms with van der Waals surface area (Å²) < 4.78 is 5.19. The Hall–Kier alpha value is -1.29. The van der Waals surface area contributed by atoms with E-state index in [2.05, 4.69) is 0 Å². The molecule has 0 fully saturated rings. The number of carbonyl (C=O) groups is 2. The lowest BCUT2D eigenvalue weighted by atomic mass is 10.2. The van der Waals surface area contributed by atoms with E-state index in [1.807, 2.05) is 32.9 Å². The predicted octanol–water partition coefficient (Wildman–Crippen LogP) is 2.93. The fourth-order valence-corrected chi connectivity index (χ4v) is 1.83. The number of carbonyl (C=O) groups excluding carboxylic acids is 2. The second-order valence-corrected chi connectivity index (χ2v) is 5.61. The molecular formula is C13H16O3S. The van der Waals surface area contributed by atoms with Crippen molar-refractivity contribution in [1.29, 1.82) is 0 Å². The Bertz CT molecular complexity index is 390. The van der Waals surface area contributed by atoms with Gasteiger partial charge in [-0.1, -0.05) is 12.1 Å². The van der Waals surface area contributed by atoms with Crippen LogP contribution in [0.2, 0.25) is 0 Å². The minimum Gasteiger partial charge on any atom is -0.459 e. The molecule has 0 aliphatic heterocycles. The molecule has 3 nitrogen and oxygen atoms in total. The average molecular weight is 252 g/mol. The lowest BCUT2D eigenvalue weighted by molar-refractivity contribution is -0.151. The van der Waals surface area contributed by atoms with Crippen molar-refractivity contribution in [1.82, 2.24) is 0 Å². The molecule has 92 valence electrons. The van der Waals surface area contributed by atoms with Gasteiger partial charge in [-0.3, -0.25) is 9.59 Å². The molecule has 0 unspecified atom stereocenters. The van der Waals surface area contributed by atoms with Crippen LogP contribution in [0.3, 0.4) is 0 Å². The maximum Gasteiger partial charge on any atom is 0.316 e. The van der Waals surface area contributed by atoms with E-state index >= 15 is 0 Å². The number of hydrogen-bond acceptors (Lipinski definition) is 4. The molecular weight excluding hydrogens is 236 g/mol. The number of thioether (sulfide) groups is 1. The number of esters is 1. The second kappa shape index (κ2) is 5.87. The van der Waals surface area contributed by atoms with Gasteiger partial charge in [0.05, 0.1) is 5.75 Å². The van der Waals surface area contributed by atoms with Crippen LogP contribution >= 0.6 is 11.8 Å². The summed E-state index contributed by atoms with van der Waals surface area (Å²) >= 11 is 1.40. The van der Waals surface area contributed by atoms with Crippen LogP contribution in [0.5, 0.6) is 0 Å². The minimum absolute atomic E-state index is 0.234.